The summed E-state index contributed by atoms with van der Waals surface area (Å²) in [6.07, 6.45) is 2.12. The highest BCUT2D eigenvalue weighted by molar-refractivity contribution is 5.99. The van der Waals surface area contributed by atoms with Gasteiger partial charge in [0, 0.05) is 12.1 Å². The minimum absolute atomic E-state index is 0.105. The number of nitrogens with zero attached hydrogens (tertiary/aromatic N) is 2. The molecule has 234 valence electrons. The van der Waals surface area contributed by atoms with E-state index in [9.17, 15) is 19.2 Å². The van der Waals surface area contributed by atoms with Crippen molar-refractivity contribution < 1.29 is 28.7 Å². The fourth-order valence-electron chi connectivity index (χ4n) is 5.11. The summed E-state index contributed by atoms with van der Waals surface area (Å²) in [6.45, 7) is 9.50. The number of carbonyl (C=O) groups excluding carboxylic acids is 4. The zero-order valence-corrected chi connectivity index (χ0v) is 26.1. The predicted molar refractivity (Wildman–Crippen MR) is 166 cm³/mol. The summed E-state index contributed by atoms with van der Waals surface area (Å²) in [5.74, 6) is 0.236. The monoisotopic (exact) mass is 603 g/mol. The number of hydrogen-bond donors (Lipinski definition) is 3. The number of nitrogens with one attached hydrogen (secondary N) is 3. The van der Waals surface area contributed by atoms with Crippen LogP contribution in [0.2, 0.25) is 0 Å². The highest BCUT2D eigenvalue weighted by Gasteiger charge is 2.37. The van der Waals surface area contributed by atoms with Crippen LogP contribution in [0.1, 0.15) is 69.7 Å². The Morgan fingerprint density at radius 2 is 1.59 bits per heavy atom. The van der Waals surface area contributed by atoms with Gasteiger partial charge in [-0.05, 0) is 56.2 Å². The maximum Gasteiger partial charge on any atom is 0.408 e. The molecule has 1 aliphatic heterocycles. The van der Waals surface area contributed by atoms with Crippen LogP contribution >= 0.6 is 0 Å². The molecule has 1 unspecified atom stereocenters. The van der Waals surface area contributed by atoms with Crippen molar-refractivity contribution >= 4 is 23.9 Å². The Hall–Kier alpha value is -4.67. The molecule has 0 bridgehead atoms. The van der Waals surface area contributed by atoms with E-state index in [1.54, 1.807) is 44.0 Å². The third kappa shape index (κ3) is 8.03. The van der Waals surface area contributed by atoms with Crippen molar-refractivity contribution in [2.24, 2.45) is 5.92 Å². The quantitative estimate of drug-likeness (QED) is 0.274. The van der Waals surface area contributed by atoms with Gasteiger partial charge in [-0.1, -0.05) is 62.4 Å². The molecular formula is C33H41N5O6. The van der Waals surface area contributed by atoms with Gasteiger partial charge >= 0.3 is 12.2 Å². The van der Waals surface area contributed by atoms with Crippen LogP contribution in [0.15, 0.2) is 54.7 Å². The number of methoxy groups -OCH3 is 1. The van der Waals surface area contributed by atoms with Crippen molar-refractivity contribution in [1.29, 1.82) is 0 Å². The Balaban J connectivity index is 1.40. The molecule has 1 aliphatic rings. The van der Waals surface area contributed by atoms with Gasteiger partial charge in [0.25, 0.3) is 0 Å². The van der Waals surface area contributed by atoms with Gasteiger partial charge in [-0.3, -0.25) is 9.59 Å². The minimum atomic E-state index is -0.689. The van der Waals surface area contributed by atoms with Gasteiger partial charge in [-0.15, -0.1) is 0 Å². The molecule has 2 aromatic carbocycles. The summed E-state index contributed by atoms with van der Waals surface area (Å²) < 4.78 is 9.89. The fourth-order valence-corrected chi connectivity index (χ4v) is 5.11. The van der Waals surface area contributed by atoms with E-state index in [1.807, 2.05) is 50.2 Å². The average molecular weight is 604 g/mol. The van der Waals surface area contributed by atoms with E-state index < -0.39 is 23.8 Å². The third-order valence-electron chi connectivity index (χ3n) is 7.37. The second kappa shape index (κ2) is 13.7. The van der Waals surface area contributed by atoms with Gasteiger partial charge in [-0.2, -0.15) is 0 Å². The van der Waals surface area contributed by atoms with Crippen molar-refractivity contribution in [3.63, 3.8) is 0 Å². The number of ether oxygens (including phenoxy) is 2. The van der Waals surface area contributed by atoms with E-state index in [4.69, 9.17) is 9.47 Å². The first-order chi connectivity index (χ1) is 20.9. The molecule has 0 radical (unpaired) electrons. The number of alkyl carbamates (subject to hydrolysis) is 2. The number of carbonyl (C=O) groups is 4. The van der Waals surface area contributed by atoms with E-state index in [1.165, 1.54) is 7.11 Å². The standard InChI is InChI=1S/C33H41N5O6/c1-20(2)28(37-32(42)43-6)30(40)38-17-7-8-26(38)29-34-18-25(36-29)23-13-9-21(10-14-23)22-11-15-24(16-12-22)27(39)19-35-31(41)44-33(3,4)5/h9-16,18,20,26,28H,7-8,17,19H2,1-6H3,(H,34,36)(H,35,41)(H,37,42)/t26?,28-/m0/s1. The number of ketones is 1. The van der Waals surface area contributed by atoms with Crippen LogP contribution in [0.25, 0.3) is 22.4 Å². The molecule has 2 heterocycles. The Morgan fingerprint density at radius 3 is 2.18 bits per heavy atom. The lowest BCUT2D eigenvalue weighted by Gasteiger charge is -2.30. The molecule has 3 N–H and O–H groups in total. The number of imidazole rings is 1. The number of likely N-dealkylation sites (tertiary alicyclic amines) is 1. The Labute approximate surface area is 257 Å². The maximum absolute atomic E-state index is 13.4. The molecule has 0 saturated carbocycles. The van der Waals surface area contributed by atoms with Crippen LogP contribution in [0.3, 0.4) is 0 Å². The van der Waals surface area contributed by atoms with Crippen LogP contribution in [-0.4, -0.2) is 70.6 Å². The van der Waals surface area contributed by atoms with E-state index in [0.29, 0.717) is 17.9 Å². The van der Waals surface area contributed by atoms with Crippen LogP contribution in [0, 0.1) is 5.92 Å². The number of aromatic nitrogens is 2. The van der Waals surface area contributed by atoms with Crippen LogP contribution in [-0.2, 0) is 14.3 Å². The first-order valence-electron chi connectivity index (χ1n) is 14.8. The van der Waals surface area contributed by atoms with Gasteiger partial charge in [0.05, 0.1) is 31.6 Å². The Morgan fingerprint density at radius 1 is 0.977 bits per heavy atom. The van der Waals surface area contributed by atoms with Crippen LogP contribution < -0.4 is 10.6 Å². The second-order valence-electron chi connectivity index (χ2n) is 12.2. The van der Waals surface area contributed by atoms with Crippen molar-refractivity contribution in [3.05, 3.63) is 66.1 Å². The molecule has 3 amide bonds. The zero-order chi connectivity index (χ0) is 32.0. The fraction of sp³-hybridized carbons (Fsp3) is 0.424. The number of benzene rings is 2. The van der Waals surface area contributed by atoms with Crippen molar-refractivity contribution in [1.82, 2.24) is 25.5 Å². The first-order valence-corrected chi connectivity index (χ1v) is 14.8. The summed E-state index contributed by atoms with van der Waals surface area (Å²) in [5.41, 5.74) is 3.55. The molecule has 1 aromatic heterocycles. The average Bonchev–Trinajstić information content (AvgIpc) is 3.68. The number of aromatic amines is 1. The van der Waals surface area contributed by atoms with Gasteiger partial charge in [0.1, 0.15) is 17.5 Å². The molecule has 0 aliphatic carbocycles. The molecule has 3 aromatic rings. The van der Waals surface area contributed by atoms with E-state index in [-0.39, 0.29) is 30.2 Å². The number of amides is 3. The lowest BCUT2D eigenvalue weighted by atomic mass is 10.0. The van der Waals surface area contributed by atoms with Gasteiger partial charge in [0.2, 0.25) is 5.91 Å². The third-order valence-corrected chi connectivity index (χ3v) is 7.37. The molecule has 4 rings (SSSR count). The molecule has 0 spiro atoms. The summed E-state index contributed by atoms with van der Waals surface area (Å²) in [6, 6.07) is 14.3. The highest BCUT2D eigenvalue weighted by atomic mass is 16.6. The van der Waals surface area contributed by atoms with Gasteiger partial charge < -0.3 is 30.0 Å². The van der Waals surface area contributed by atoms with E-state index >= 15 is 0 Å². The molecule has 44 heavy (non-hydrogen) atoms. The maximum atomic E-state index is 13.4. The second-order valence-corrected chi connectivity index (χ2v) is 12.2. The molecule has 2 atom stereocenters. The molecule has 11 heteroatoms. The van der Waals surface area contributed by atoms with Crippen molar-refractivity contribution in [2.45, 2.75) is 65.1 Å². The zero-order valence-electron chi connectivity index (χ0n) is 26.1. The molecule has 1 saturated heterocycles. The SMILES string of the molecule is COC(=O)N[C@H](C(=O)N1CCCC1c1ncc(-c2ccc(-c3ccc(C(=O)CNC(=O)OC(C)(C)C)cc3)cc2)[nH]1)C(C)C. The number of hydrogen-bond acceptors (Lipinski definition) is 7. The summed E-state index contributed by atoms with van der Waals surface area (Å²) in [4.78, 5) is 59.4. The summed E-state index contributed by atoms with van der Waals surface area (Å²) >= 11 is 0. The number of rotatable bonds is 9. The Bertz CT molecular complexity index is 1470. The van der Waals surface area contributed by atoms with Gasteiger partial charge in [0.15, 0.2) is 5.78 Å². The normalized spacial score (nSPS) is 15.5. The predicted octanol–water partition coefficient (Wildman–Crippen LogP) is 5.50. The molecule has 11 nitrogen and oxygen atoms in total. The largest absolute Gasteiger partial charge is 0.453 e. The van der Waals surface area contributed by atoms with Crippen molar-refractivity contribution in [3.8, 4) is 22.4 Å². The highest BCUT2D eigenvalue weighted by Crippen LogP contribution is 2.33. The van der Waals surface area contributed by atoms with E-state index in [0.717, 1.165) is 35.2 Å². The topological polar surface area (TPSA) is 143 Å². The summed E-state index contributed by atoms with van der Waals surface area (Å²) in [5, 5.41) is 5.16. The molecular weight excluding hydrogens is 562 g/mol. The van der Waals surface area contributed by atoms with Crippen LogP contribution in [0.4, 0.5) is 9.59 Å². The number of H-pyrrole nitrogens is 1. The van der Waals surface area contributed by atoms with Crippen LogP contribution in [0.5, 0.6) is 0 Å². The number of Topliss-reactive ketones (excluding diaryl/α,β-unsaturated/α-hetero) is 1. The van der Waals surface area contributed by atoms with E-state index in [2.05, 4.69) is 20.6 Å². The molecule has 1 fully saturated rings. The first kappa shape index (κ1) is 32.2. The van der Waals surface area contributed by atoms with Gasteiger partial charge in [-0.25, -0.2) is 14.6 Å². The Kier molecular flexibility index (Phi) is 10.1. The van der Waals surface area contributed by atoms with Crippen molar-refractivity contribution in [2.75, 3.05) is 20.2 Å². The lowest BCUT2D eigenvalue weighted by Crippen LogP contribution is -2.51. The smallest absolute Gasteiger partial charge is 0.408 e. The minimum Gasteiger partial charge on any atom is -0.453 e. The lowest BCUT2D eigenvalue weighted by molar-refractivity contribution is -0.135. The summed E-state index contributed by atoms with van der Waals surface area (Å²) in [7, 11) is 1.28.